The summed E-state index contributed by atoms with van der Waals surface area (Å²) in [5, 5.41) is 9.50. The van der Waals surface area contributed by atoms with Gasteiger partial charge in [0, 0.05) is 19.6 Å². The standard InChI is InChI=1S/C38H77NO4.CH2O/c1-5-9-20-28-36(26-11-7-3)42-35-25-19-14-13-17-23-31-39(33-34-40)32-24-18-15-16-22-30-38(41)43-37(27-12-8-4)29-21-10-6-2;1-2/h36-37,40H,5-35H2,1-4H3;1H2. The second-order valence-corrected chi connectivity index (χ2v) is 13.1. The van der Waals surface area contributed by atoms with Gasteiger partial charge in [-0.1, -0.05) is 130 Å². The van der Waals surface area contributed by atoms with E-state index in [9.17, 15) is 9.90 Å². The second kappa shape index (κ2) is 39.2. The van der Waals surface area contributed by atoms with Crippen LogP contribution in [0.4, 0.5) is 0 Å². The molecule has 0 radical (unpaired) electrons. The van der Waals surface area contributed by atoms with E-state index in [4.69, 9.17) is 14.3 Å². The number of unbranched alkanes of at least 4 members (excludes halogenated alkanes) is 15. The first-order chi connectivity index (χ1) is 22.1. The molecular formula is C39H79NO5. The number of carbonyl (C=O) groups is 2. The number of carbonyl (C=O) groups excluding carboxylic acids is 2. The summed E-state index contributed by atoms with van der Waals surface area (Å²) >= 11 is 0. The van der Waals surface area contributed by atoms with Gasteiger partial charge in [0.15, 0.2) is 0 Å². The minimum absolute atomic E-state index is 0.00825. The van der Waals surface area contributed by atoms with E-state index >= 15 is 0 Å². The predicted octanol–water partition coefficient (Wildman–Crippen LogP) is 10.6. The Labute approximate surface area is 281 Å². The molecule has 270 valence electrons. The Hall–Kier alpha value is -0.980. The summed E-state index contributed by atoms with van der Waals surface area (Å²) in [5.41, 5.74) is 0. The molecule has 0 aliphatic carbocycles. The molecule has 6 nitrogen and oxygen atoms in total. The maximum Gasteiger partial charge on any atom is 0.306 e. The highest BCUT2D eigenvalue weighted by Crippen LogP contribution is 2.17. The van der Waals surface area contributed by atoms with Gasteiger partial charge in [-0.15, -0.1) is 0 Å². The summed E-state index contributed by atoms with van der Waals surface area (Å²) in [6.07, 6.45) is 31.3. The Morgan fingerprint density at radius 2 is 1.00 bits per heavy atom. The highest BCUT2D eigenvalue weighted by Gasteiger charge is 2.14. The number of hydrogen-bond acceptors (Lipinski definition) is 6. The van der Waals surface area contributed by atoms with Crippen LogP contribution >= 0.6 is 0 Å². The van der Waals surface area contributed by atoms with Crippen LogP contribution in [-0.4, -0.2) is 67.8 Å². The van der Waals surface area contributed by atoms with Crippen LogP contribution < -0.4 is 0 Å². The van der Waals surface area contributed by atoms with Crippen molar-refractivity contribution in [1.82, 2.24) is 4.90 Å². The first-order valence-electron chi connectivity index (χ1n) is 19.5. The molecular weight excluding hydrogens is 562 g/mol. The minimum atomic E-state index is 0.00825. The number of hydrogen-bond donors (Lipinski definition) is 1. The van der Waals surface area contributed by atoms with E-state index in [1.807, 2.05) is 6.79 Å². The van der Waals surface area contributed by atoms with Crippen LogP contribution in [-0.2, 0) is 19.1 Å². The molecule has 0 saturated carbocycles. The molecule has 0 spiro atoms. The van der Waals surface area contributed by atoms with E-state index in [2.05, 4.69) is 32.6 Å². The van der Waals surface area contributed by atoms with Crippen LogP contribution in [0.3, 0.4) is 0 Å². The summed E-state index contributed by atoms with van der Waals surface area (Å²) in [6.45, 7) is 15.1. The second-order valence-electron chi connectivity index (χ2n) is 13.1. The lowest BCUT2D eigenvalue weighted by atomic mass is 10.1. The minimum Gasteiger partial charge on any atom is -0.462 e. The first kappa shape index (κ1) is 46.1. The van der Waals surface area contributed by atoms with Gasteiger partial charge in [-0.05, 0) is 70.9 Å². The van der Waals surface area contributed by atoms with E-state index in [0.29, 0.717) is 12.5 Å². The molecule has 0 rings (SSSR count). The lowest BCUT2D eigenvalue weighted by molar-refractivity contribution is -0.150. The van der Waals surface area contributed by atoms with Crippen molar-refractivity contribution >= 4 is 12.8 Å². The third-order valence-corrected chi connectivity index (χ3v) is 8.81. The molecule has 0 aliphatic heterocycles. The number of nitrogens with zero attached hydrogens (tertiary/aromatic N) is 1. The highest BCUT2D eigenvalue weighted by molar-refractivity contribution is 5.69. The number of rotatable bonds is 35. The normalized spacial score (nSPS) is 12.6. The lowest BCUT2D eigenvalue weighted by Crippen LogP contribution is -2.29. The van der Waals surface area contributed by atoms with Crippen molar-refractivity contribution in [3.63, 3.8) is 0 Å². The smallest absolute Gasteiger partial charge is 0.306 e. The molecule has 0 aromatic rings. The molecule has 0 aromatic carbocycles. The van der Waals surface area contributed by atoms with E-state index < -0.39 is 0 Å². The molecule has 0 heterocycles. The van der Waals surface area contributed by atoms with Gasteiger partial charge >= 0.3 is 5.97 Å². The van der Waals surface area contributed by atoms with Gasteiger partial charge in [-0.2, -0.15) is 0 Å². The molecule has 6 heteroatoms. The molecule has 0 bridgehead atoms. The Kier molecular flexibility index (Phi) is 40.2. The fourth-order valence-corrected chi connectivity index (χ4v) is 5.93. The summed E-state index contributed by atoms with van der Waals surface area (Å²) in [5.74, 6) is 0.00825. The third-order valence-electron chi connectivity index (χ3n) is 8.81. The topological polar surface area (TPSA) is 76.1 Å². The van der Waals surface area contributed by atoms with Crippen LogP contribution in [0.15, 0.2) is 0 Å². The van der Waals surface area contributed by atoms with E-state index in [-0.39, 0.29) is 18.7 Å². The maximum absolute atomic E-state index is 12.4. The number of esters is 1. The fraction of sp³-hybridized carbons (Fsp3) is 0.949. The summed E-state index contributed by atoms with van der Waals surface area (Å²) in [6, 6.07) is 0. The monoisotopic (exact) mass is 642 g/mol. The molecule has 1 N–H and O–H groups in total. The number of aliphatic hydroxyl groups is 1. The zero-order chi connectivity index (χ0) is 33.6. The van der Waals surface area contributed by atoms with Gasteiger partial charge < -0.3 is 24.3 Å². The van der Waals surface area contributed by atoms with Gasteiger partial charge in [0.25, 0.3) is 0 Å². The van der Waals surface area contributed by atoms with E-state index in [1.165, 1.54) is 122 Å². The SMILES string of the molecule is C=O.CCCCCC(CCCC)OCCCCCCCCN(CCO)CCCCCCCC(=O)OC(CCCC)CCCCC. The third kappa shape index (κ3) is 34.2. The molecule has 45 heavy (non-hydrogen) atoms. The van der Waals surface area contributed by atoms with Gasteiger partial charge in [0.2, 0.25) is 0 Å². The average molecular weight is 642 g/mol. The Balaban J connectivity index is 0. The van der Waals surface area contributed by atoms with Crippen molar-refractivity contribution in [2.24, 2.45) is 0 Å². The van der Waals surface area contributed by atoms with Crippen LogP contribution in [0, 0.1) is 0 Å². The zero-order valence-corrected chi connectivity index (χ0v) is 30.8. The largest absolute Gasteiger partial charge is 0.462 e. The Morgan fingerprint density at radius 3 is 1.53 bits per heavy atom. The molecule has 2 unspecified atom stereocenters. The quantitative estimate of drug-likeness (QED) is 0.0548. The van der Waals surface area contributed by atoms with Crippen LogP contribution in [0.5, 0.6) is 0 Å². The summed E-state index contributed by atoms with van der Waals surface area (Å²) < 4.78 is 12.1. The Morgan fingerprint density at radius 1 is 0.556 bits per heavy atom. The van der Waals surface area contributed by atoms with Gasteiger partial charge in [-0.3, -0.25) is 4.79 Å². The average Bonchev–Trinajstić information content (AvgIpc) is 3.05. The lowest BCUT2D eigenvalue weighted by Gasteiger charge is -2.21. The van der Waals surface area contributed by atoms with Crippen molar-refractivity contribution < 1.29 is 24.2 Å². The van der Waals surface area contributed by atoms with Crippen LogP contribution in [0.2, 0.25) is 0 Å². The maximum atomic E-state index is 12.4. The molecule has 0 aliphatic rings. The van der Waals surface area contributed by atoms with Gasteiger partial charge in [-0.25, -0.2) is 0 Å². The van der Waals surface area contributed by atoms with E-state index in [0.717, 1.165) is 64.8 Å². The van der Waals surface area contributed by atoms with Gasteiger partial charge in [0.1, 0.15) is 12.9 Å². The zero-order valence-electron chi connectivity index (χ0n) is 30.8. The predicted molar refractivity (Wildman–Crippen MR) is 193 cm³/mol. The summed E-state index contributed by atoms with van der Waals surface area (Å²) in [7, 11) is 0. The number of ether oxygens (including phenoxy) is 2. The Bertz CT molecular complexity index is 576. The van der Waals surface area contributed by atoms with Crippen LogP contribution in [0.25, 0.3) is 0 Å². The van der Waals surface area contributed by atoms with Crippen molar-refractivity contribution in [1.29, 1.82) is 0 Å². The van der Waals surface area contributed by atoms with Crippen LogP contribution in [0.1, 0.15) is 195 Å². The molecule has 0 aromatic heterocycles. The van der Waals surface area contributed by atoms with Crippen molar-refractivity contribution in [2.45, 2.75) is 207 Å². The van der Waals surface area contributed by atoms with Crippen molar-refractivity contribution in [3.8, 4) is 0 Å². The molecule has 0 amide bonds. The first-order valence-corrected chi connectivity index (χ1v) is 19.5. The van der Waals surface area contributed by atoms with Crippen molar-refractivity contribution in [2.75, 3.05) is 32.8 Å². The fourth-order valence-electron chi connectivity index (χ4n) is 5.93. The molecule has 0 fully saturated rings. The molecule has 2 atom stereocenters. The highest BCUT2D eigenvalue weighted by atomic mass is 16.5. The van der Waals surface area contributed by atoms with Crippen molar-refractivity contribution in [3.05, 3.63) is 0 Å². The molecule has 0 saturated heterocycles. The van der Waals surface area contributed by atoms with Gasteiger partial charge in [0.05, 0.1) is 12.7 Å². The number of aliphatic hydroxyl groups excluding tert-OH is 1. The van der Waals surface area contributed by atoms with E-state index in [1.54, 1.807) is 0 Å². The summed E-state index contributed by atoms with van der Waals surface area (Å²) in [4.78, 5) is 22.8.